The maximum atomic E-state index is 12.8. The first kappa shape index (κ1) is 10.3. The van der Waals surface area contributed by atoms with E-state index < -0.39 is 11.6 Å². The highest BCUT2D eigenvalue weighted by atomic mass is 19.4. The van der Waals surface area contributed by atoms with E-state index in [2.05, 4.69) is 0 Å². The number of benzene rings is 1. The van der Waals surface area contributed by atoms with Crippen LogP contribution in [0, 0.1) is 0 Å². The molecular formula is C11H11F3O. The molecule has 0 bridgehead atoms. The molecule has 82 valence electrons. The Hall–Kier alpha value is -1.19. The predicted octanol–water partition coefficient (Wildman–Crippen LogP) is 3.29. The average Bonchev–Trinajstić information content (AvgIpc) is 2.97. The van der Waals surface area contributed by atoms with Crippen molar-refractivity contribution in [3.05, 3.63) is 29.8 Å². The van der Waals surface area contributed by atoms with Crippen LogP contribution in [0.1, 0.15) is 18.4 Å². The zero-order valence-corrected chi connectivity index (χ0v) is 8.27. The second kappa shape index (κ2) is 3.15. The Labute approximate surface area is 85.9 Å². The number of halogens is 3. The van der Waals surface area contributed by atoms with Crippen LogP contribution < -0.4 is 4.74 Å². The van der Waals surface area contributed by atoms with Crippen LogP contribution in [0.4, 0.5) is 13.2 Å². The fourth-order valence-corrected chi connectivity index (χ4v) is 1.78. The van der Waals surface area contributed by atoms with E-state index in [1.165, 1.54) is 19.2 Å². The van der Waals surface area contributed by atoms with E-state index in [0.29, 0.717) is 11.3 Å². The molecule has 0 atom stereocenters. The Kier molecular flexibility index (Phi) is 2.17. The van der Waals surface area contributed by atoms with Crippen LogP contribution in [0.15, 0.2) is 24.3 Å². The molecule has 1 fully saturated rings. The summed E-state index contributed by atoms with van der Waals surface area (Å²) in [5.41, 5.74) is -1.30. The number of hydrogen-bond donors (Lipinski definition) is 0. The molecule has 1 aromatic carbocycles. The van der Waals surface area contributed by atoms with Gasteiger partial charge in [-0.05, 0) is 30.5 Å². The predicted molar refractivity (Wildman–Crippen MR) is 50.0 cm³/mol. The highest BCUT2D eigenvalue weighted by Gasteiger charge is 2.64. The van der Waals surface area contributed by atoms with Gasteiger partial charge in [0.15, 0.2) is 0 Å². The SMILES string of the molecule is COc1cccc(C2(C(F)(F)F)CC2)c1. The number of hydrogen-bond acceptors (Lipinski definition) is 1. The largest absolute Gasteiger partial charge is 0.497 e. The van der Waals surface area contributed by atoms with E-state index in [1.807, 2.05) is 0 Å². The summed E-state index contributed by atoms with van der Waals surface area (Å²) in [4.78, 5) is 0. The zero-order chi connectivity index (χ0) is 11.1. The van der Waals surface area contributed by atoms with Gasteiger partial charge in [-0.2, -0.15) is 13.2 Å². The van der Waals surface area contributed by atoms with Gasteiger partial charge >= 0.3 is 6.18 Å². The molecular weight excluding hydrogens is 205 g/mol. The van der Waals surface area contributed by atoms with Crippen molar-refractivity contribution in [2.75, 3.05) is 7.11 Å². The molecule has 1 aliphatic rings. The molecule has 1 saturated carbocycles. The topological polar surface area (TPSA) is 9.23 Å². The summed E-state index contributed by atoms with van der Waals surface area (Å²) >= 11 is 0. The first-order valence-electron chi connectivity index (χ1n) is 4.71. The first-order chi connectivity index (χ1) is 6.99. The van der Waals surface area contributed by atoms with Crippen LogP contribution in [-0.4, -0.2) is 13.3 Å². The third-order valence-corrected chi connectivity index (χ3v) is 2.91. The van der Waals surface area contributed by atoms with E-state index in [4.69, 9.17) is 4.74 Å². The van der Waals surface area contributed by atoms with Crippen LogP contribution in [0.25, 0.3) is 0 Å². The number of rotatable bonds is 2. The fraction of sp³-hybridized carbons (Fsp3) is 0.455. The van der Waals surface area contributed by atoms with Crippen molar-refractivity contribution in [2.24, 2.45) is 0 Å². The maximum absolute atomic E-state index is 12.8. The number of ether oxygens (including phenoxy) is 1. The van der Waals surface area contributed by atoms with Gasteiger partial charge in [-0.15, -0.1) is 0 Å². The normalized spacial score (nSPS) is 18.7. The van der Waals surface area contributed by atoms with E-state index in [0.717, 1.165) is 0 Å². The number of methoxy groups -OCH3 is 1. The minimum Gasteiger partial charge on any atom is -0.497 e. The summed E-state index contributed by atoms with van der Waals surface area (Å²) < 4.78 is 43.3. The first-order valence-corrected chi connectivity index (χ1v) is 4.71. The summed E-state index contributed by atoms with van der Waals surface area (Å²) in [6.45, 7) is 0. The second-order valence-electron chi connectivity index (χ2n) is 3.81. The van der Waals surface area contributed by atoms with Crippen molar-refractivity contribution in [2.45, 2.75) is 24.4 Å². The minimum atomic E-state index is -4.15. The van der Waals surface area contributed by atoms with Gasteiger partial charge in [-0.3, -0.25) is 0 Å². The molecule has 0 aliphatic heterocycles. The lowest BCUT2D eigenvalue weighted by molar-refractivity contribution is -0.160. The minimum absolute atomic E-state index is 0.184. The molecule has 4 heteroatoms. The van der Waals surface area contributed by atoms with Crippen molar-refractivity contribution < 1.29 is 17.9 Å². The van der Waals surface area contributed by atoms with Crippen molar-refractivity contribution >= 4 is 0 Å². The van der Waals surface area contributed by atoms with Crippen LogP contribution in [0.3, 0.4) is 0 Å². The monoisotopic (exact) mass is 216 g/mol. The van der Waals surface area contributed by atoms with Crippen LogP contribution in [0.5, 0.6) is 5.75 Å². The van der Waals surface area contributed by atoms with Gasteiger partial charge in [0.25, 0.3) is 0 Å². The van der Waals surface area contributed by atoms with E-state index in [-0.39, 0.29) is 12.8 Å². The third kappa shape index (κ3) is 1.58. The molecule has 0 radical (unpaired) electrons. The standard InChI is InChI=1S/C11H11F3O/c1-15-9-4-2-3-8(7-9)10(5-6-10)11(12,13)14/h2-4,7H,5-6H2,1H3. The molecule has 0 saturated heterocycles. The van der Waals surface area contributed by atoms with Gasteiger partial charge < -0.3 is 4.74 Å². The van der Waals surface area contributed by atoms with E-state index in [9.17, 15) is 13.2 Å². The van der Waals surface area contributed by atoms with Crippen LogP contribution in [-0.2, 0) is 5.41 Å². The smallest absolute Gasteiger partial charge is 0.398 e. The van der Waals surface area contributed by atoms with Crippen molar-refractivity contribution in [3.63, 3.8) is 0 Å². The molecule has 15 heavy (non-hydrogen) atoms. The Morgan fingerprint density at radius 1 is 1.27 bits per heavy atom. The highest BCUT2D eigenvalue weighted by molar-refractivity contribution is 5.39. The van der Waals surface area contributed by atoms with Crippen LogP contribution in [0.2, 0.25) is 0 Å². The fourth-order valence-electron chi connectivity index (χ4n) is 1.78. The van der Waals surface area contributed by atoms with Gasteiger partial charge in [0.1, 0.15) is 5.75 Å². The summed E-state index contributed by atoms with van der Waals surface area (Å²) in [5, 5.41) is 0. The molecule has 0 unspecified atom stereocenters. The van der Waals surface area contributed by atoms with E-state index >= 15 is 0 Å². The summed E-state index contributed by atoms with van der Waals surface area (Å²) in [5.74, 6) is 0.475. The molecule has 1 aliphatic carbocycles. The average molecular weight is 216 g/mol. The molecule has 1 aromatic rings. The second-order valence-corrected chi connectivity index (χ2v) is 3.81. The Balaban J connectivity index is 2.38. The van der Waals surface area contributed by atoms with Crippen molar-refractivity contribution in [3.8, 4) is 5.75 Å². The summed E-state index contributed by atoms with van der Waals surface area (Å²) in [6, 6.07) is 6.24. The molecule has 2 rings (SSSR count). The summed E-state index contributed by atoms with van der Waals surface area (Å²) in [7, 11) is 1.45. The lowest BCUT2D eigenvalue weighted by Gasteiger charge is -2.19. The summed E-state index contributed by atoms with van der Waals surface area (Å²) in [6.07, 6.45) is -3.79. The van der Waals surface area contributed by atoms with Gasteiger partial charge in [-0.25, -0.2) is 0 Å². The molecule has 0 aromatic heterocycles. The van der Waals surface area contributed by atoms with Crippen LogP contribution >= 0.6 is 0 Å². The molecule has 0 amide bonds. The highest BCUT2D eigenvalue weighted by Crippen LogP contribution is 2.59. The van der Waals surface area contributed by atoms with Gasteiger partial charge in [0.05, 0.1) is 12.5 Å². The molecule has 0 heterocycles. The molecule has 1 nitrogen and oxygen atoms in total. The van der Waals surface area contributed by atoms with Gasteiger partial charge in [0, 0.05) is 0 Å². The lowest BCUT2D eigenvalue weighted by atomic mass is 9.95. The third-order valence-electron chi connectivity index (χ3n) is 2.91. The van der Waals surface area contributed by atoms with E-state index in [1.54, 1.807) is 12.1 Å². The zero-order valence-electron chi connectivity index (χ0n) is 8.27. The Morgan fingerprint density at radius 3 is 2.40 bits per heavy atom. The van der Waals surface area contributed by atoms with Crippen molar-refractivity contribution in [1.29, 1.82) is 0 Å². The van der Waals surface area contributed by atoms with Gasteiger partial charge in [0.2, 0.25) is 0 Å². The Morgan fingerprint density at radius 2 is 1.93 bits per heavy atom. The Bertz CT molecular complexity index is 366. The quantitative estimate of drug-likeness (QED) is 0.737. The van der Waals surface area contributed by atoms with Crippen molar-refractivity contribution in [1.82, 2.24) is 0 Å². The maximum Gasteiger partial charge on any atom is 0.398 e. The van der Waals surface area contributed by atoms with Gasteiger partial charge in [-0.1, -0.05) is 12.1 Å². The number of alkyl halides is 3. The molecule has 0 spiro atoms. The lowest BCUT2D eigenvalue weighted by Crippen LogP contribution is -2.28. The molecule has 0 N–H and O–H groups in total.